The highest BCUT2D eigenvalue weighted by Crippen LogP contribution is 2.24. The van der Waals surface area contributed by atoms with E-state index in [-0.39, 0.29) is 6.04 Å². The van der Waals surface area contributed by atoms with E-state index in [1.54, 1.807) is 0 Å². The van der Waals surface area contributed by atoms with Crippen molar-refractivity contribution < 1.29 is 0 Å². The molecule has 2 rings (SSSR count). The van der Waals surface area contributed by atoms with E-state index < -0.39 is 0 Å². The van der Waals surface area contributed by atoms with E-state index in [9.17, 15) is 0 Å². The summed E-state index contributed by atoms with van der Waals surface area (Å²) < 4.78 is 1.27. The molecule has 0 aliphatic heterocycles. The van der Waals surface area contributed by atoms with Crippen LogP contribution in [0.5, 0.6) is 0 Å². The summed E-state index contributed by atoms with van der Waals surface area (Å²) in [5, 5.41) is 3.41. The molecule has 2 aromatic carbocycles. The van der Waals surface area contributed by atoms with E-state index >= 15 is 0 Å². The molecule has 0 spiro atoms. The molecule has 2 aromatic rings. The minimum absolute atomic E-state index is 0.262. The van der Waals surface area contributed by atoms with Crippen molar-refractivity contribution in [2.75, 3.05) is 7.05 Å². The van der Waals surface area contributed by atoms with E-state index in [1.165, 1.54) is 25.8 Å². The van der Waals surface area contributed by atoms with Gasteiger partial charge in [-0.2, -0.15) is 0 Å². The fourth-order valence-corrected chi connectivity index (χ4v) is 2.96. The second-order valence-electron chi connectivity index (χ2n) is 4.70. The standard InChI is InChI=1S/C16H18IN/c1-11-7-12(2)9-14(8-11)16(18-3)13-5-4-6-15(17)10-13/h4-10,16,18H,1-3H3. The van der Waals surface area contributed by atoms with Crippen molar-refractivity contribution in [3.63, 3.8) is 0 Å². The summed E-state index contributed by atoms with van der Waals surface area (Å²) in [5.41, 5.74) is 5.28. The number of benzene rings is 2. The van der Waals surface area contributed by atoms with Gasteiger partial charge in [-0.25, -0.2) is 0 Å². The lowest BCUT2D eigenvalue weighted by atomic mass is 9.96. The smallest absolute Gasteiger partial charge is 0.0574 e. The Morgan fingerprint density at radius 2 is 1.61 bits per heavy atom. The fourth-order valence-electron chi connectivity index (χ4n) is 2.39. The molecular weight excluding hydrogens is 333 g/mol. The zero-order chi connectivity index (χ0) is 13.1. The molecule has 0 saturated carbocycles. The molecule has 1 atom stereocenters. The minimum atomic E-state index is 0.262. The lowest BCUT2D eigenvalue weighted by molar-refractivity contribution is 0.690. The Morgan fingerprint density at radius 3 is 2.17 bits per heavy atom. The first-order valence-corrected chi connectivity index (χ1v) is 7.19. The quantitative estimate of drug-likeness (QED) is 0.817. The van der Waals surface area contributed by atoms with Crippen LogP contribution in [-0.2, 0) is 0 Å². The third-order valence-corrected chi connectivity index (χ3v) is 3.72. The molecule has 94 valence electrons. The van der Waals surface area contributed by atoms with Gasteiger partial charge in [-0.05, 0) is 66.7 Å². The first-order valence-electron chi connectivity index (χ1n) is 6.11. The van der Waals surface area contributed by atoms with Crippen LogP contribution in [0, 0.1) is 17.4 Å². The van der Waals surface area contributed by atoms with Crippen molar-refractivity contribution in [2.45, 2.75) is 19.9 Å². The minimum Gasteiger partial charge on any atom is -0.309 e. The molecule has 0 fully saturated rings. The van der Waals surface area contributed by atoms with Crippen LogP contribution in [0.25, 0.3) is 0 Å². The molecule has 0 bridgehead atoms. The molecule has 0 radical (unpaired) electrons. The third-order valence-electron chi connectivity index (χ3n) is 3.05. The van der Waals surface area contributed by atoms with Gasteiger partial charge in [-0.15, -0.1) is 0 Å². The van der Waals surface area contributed by atoms with Gasteiger partial charge in [0.1, 0.15) is 0 Å². The Morgan fingerprint density at radius 1 is 0.944 bits per heavy atom. The van der Waals surface area contributed by atoms with Crippen LogP contribution in [-0.4, -0.2) is 7.05 Å². The lowest BCUT2D eigenvalue weighted by Crippen LogP contribution is -2.18. The van der Waals surface area contributed by atoms with Gasteiger partial charge in [0.25, 0.3) is 0 Å². The molecule has 1 nitrogen and oxygen atoms in total. The second-order valence-corrected chi connectivity index (χ2v) is 5.94. The van der Waals surface area contributed by atoms with Gasteiger partial charge in [0.15, 0.2) is 0 Å². The zero-order valence-corrected chi connectivity index (χ0v) is 13.2. The summed E-state index contributed by atoms with van der Waals surface area (Å²) in [6.45, 7) is 4.30. The number of hydrogen-bond acceptors (Lipinski definition) is 1. The summed E-state index contributed by atoms with van der Waals surface area (Å²) >= 11 is 2.36. The van der Waals surface area contributed by atoms with Crippen molar-refractivity contribution in [3.05, 3.63) is 68.3 Å². The summed E-state index contributed by atoms with van der Waals surface area (Å²) in [6.07, 6.45) is 0. The number of hydrogen-bond donors (Lipinski definition) is 1. The maximum Gasteiger partial charge on any atom is 0.0574 e. The third kappa shape index (κ3) is 3.12. The normalized spacial score (nSPS) is 12.4. The van der Waals surface area contributed by atoms with Crippen LogP contribution in [0.4, 0.5) is 0 Å². The zero-order valence-electron chi connectivity index (χ0n) is 11.0. The van der Waals surface area contributed by atoms with Gasteiger partial charge in [-0.1, -0.05) is 41.5 Å². The molecule has 18 heavy (non-hydrogen) atoms. The van der Waals surface area contributed by atoms with Crippen molar-refractivity contribution in [1.82, 2.24) is 5.32 Å². The van der Waals surface area contributed by atoms with Crippen molar-refractivity contribution >= 4 is 22.6 Å². The van der Waals surface area contributed by atoms with Gasteiger partial charge in [-0.3, -0.25) is 0 Å². The van der Waals surface area contributed by atoms with Crippen LogP contribution >= 0.6 is 22.6 Å². The van der Waals surface area contributed by atoms with E-state index in [4.69, 9.17) is 0 Å². The monoisotopic (exact) mass is 351 g/mol. The molecule has 0 aliphatic rings. The summed E-state index contributed by atoms with van der Waals surface area (Å²) in [6, 6.07) is 15.6. The highest BCUT2D eigenvalue weighted by Gasteiger charge is 2.12. The van der Waals surface area contributed by atoms with Gasteiger partial charge < -0.3 is 5.32 Å². The number of nitrogens with one attached hydrogen (secondary N) is 1. The lowest BCUT2D eigenvalue weighted by Gasteiger charge is -2.18. The molecule has 1 N–H and O–H groups in total. The molecule has 2 heteroatoms. The van der Waals surface area contributed by atoms with Gasteiger partial charge in [0, 0.05) is 3.57 Å². The van der Waals surface area contributed by atoms with Crippen LogP contribution in [0.1, 0.15) is 28.3 Å². The highest BCUT2D eigenvalue weighted by atomic mass is 127. The summed E-state index contributed by atoms with van der Waals surface area (Å²) in [7, 11) is 2.02. The fraction of sp³-hybridized carbons (Fsp3) is 0.250. The predicted octanol–water partition coefficient (Wildman–Crippen LogP) is 4.22. The Kier molecular flexibility index (Phi) is 4.40. The number of aryl methyl sites for hydroxylation is 2. The maximum absolute atomic E-state index is 3.41. The van der Waals surface area contributed by atoms with E-state index in [1.807, 2.05) is 7.05 Å². The van der Waals surface area contributed by atoms with Crippen molar-refractivity contribution in [3.8, 4) is 0 Å². The van der Waals surface area contributed by atoms with Crippen molar-refractivity contribution in [1.29, 1.82) is 0 Å². The van der Waals surface area contributed by atoms with Crippen LogP contribution in [0.15, 0.2) is 42.5 Å². The van der Waals surface area contributed by atoms with E-state index in [0.717, 1.165) is 0 Å². The molecule has 0 heterocycles. The second kappa shape index (κ2) is 5.85. The predicted molar refractivity (Wildman–Crippen MR) is 86.0 cm³/mol. The van der Waals surface area contributed by atoms with Crippen LogP contribution in [0.2, 0.25) is 0 Å². The Hall–Kier alpha value is -0.870. The number of rotatable bonds is 3. The Balaban J connectivity index is 2.45. The van der Waals surface area contributed by atoms with Gasteiger partial charge in [0.05, 0.1) is 6.04 Å². The highest BCUT2D eigenvalue weighted by molar-refractivity contribution is 14.1. The van der Waals surface area contributed by atoms with Gasteiger partial charge in [0.2, 0.25) is 0 Å². The summed E-state index contributed by atoms with van der Waals surface area (Å²) in [4.78, 5) is 0. The maximum atomic E-state index is 3.41. The first kappa shape index (κ1) is 13.6. The average Bonchev–Trinajstić information content (AvgIpc) is 2.28. The van der Waals surface area contributed by atoms with Crippen LogP contribution < -0.4 is 5.32 Å². The molecular formula is C16H18IN. The van der Waals surface area contributed by atoms with Crippen LogP contribution in [0.3, 0.4) is 0 Å². The average molecular weight is 351 g/mol. The molecule has 0 aromatic heterocycles. The molecule has 0 saturated heterocycles. The van der Waals surface area contributed by atoms with Gasteiger partial charge >= 0.3 is 0 Å². The largest absolute Gasteiger partial charge is 0.309 e. The molecule has 0 aliphatic carbocycles. The molecule has 0 amide bonds. The first-order chi connectivity index (χ1) is 8.60. The van der Waals surface area contributed by atoms with E-state index in [2.05, 4.69) is 84.2 Å². The topological polar surface area (TPSA) is 12.0 Å². The summed E-state index contributed by atoms with van der Waals surface area (Å²) in [5.74, 6) is 0. The van der Waals surface area contributed by atoms with E-state index in [0.29, 0.717) is 0 Å². The Labute approximate surface area is 123 Å². The van der Waals surface area contributed by atoms with Crippen molar-refractivity contribution in [2.24, 2.45) is 0 Å². The molecule has 1 unspecified atom stereocenters. The SMILES string of the molecule is CNC(c1cc(C)cc(C)c1)c1cccc(I)c1. The number of halogens is 1. The Bertz CT molecular complexity index is 528.